The van der Waals surface area contributed by atoms with Crippen LogP contribution in [0.2, 0.25) is 5.15 Å². The van der Waals surface area contributed by atoms with Gasteiger partial charge in [0.25, 0.3) is 0 Å². The molecule has 0 N–H and O–H groups in total. The van der Waals surface area contributed by atoms with Gasteiger partial charge in [0.2, 0.25) is 0 Å². The van der Waals surface area contributed by atoms with E-state index in [1.165, 1.54) is 0 Å². The van der Waals surface area contributed by atoms with Crippen molar-refractivity contribution in [1.82, 2.24) is 15.2 Å². The lowest BCUT2D eigenvalue weighted by molar-refractivity contribution is 0.413. The van der Waals surface area contributed by atoms with Crippen molar-refractivity contribution in [3.8, 4) is 17.0 Å². The Morgan fingerprint density at radius 3 is 2.59 bits per heavy atom. The molecule has 0 saturated heterocycles. The van der Waals surface area contributed by atoms with Crippen molar-refractivity contribution >= 4 is 11.6 Å². The van der Waals surface area contributed by atoms with Gasteiger partial charge < -0.3 is 4.74 Å². The minimum atomic E-state index is 0.433. The summed E-state index contributed by atoms with van der Waals surface area (Å²) >= 11 is 5.92. The zero-order chi connectivity index (χ0) is 12.4. The zero-order valence-corrected chi connectivity index (χ0v) is 10.6. The highest BCUT2D eigenvalue weighted by Gasteiger charge is 2.10. The van der Waals surface area contributed by atoms with Crippen molar-refractivity contribution in [2.24, 2.45) is 0 Å². The quantitative estimate of drug-likeness (QED) is 0.821. The fourth-order valence-corrected chi connectivity index (χ4v) is 1.69. The Bertz CT molecular complexity index is 557. The van der Waals surface area contributed by atoms with Crippen LogP contribution in [-0.2, 0) is 0 Å². The molecule has 4 nitrogen and oxygen atoms in total. The van der Waals surface area contributed by atoms with Crippen LogP contribution in [0.4, 0.5) is 0 Å². The van der Waals surface area contributed by atoms with E-state index in [1.807, 2.05) is 19.9 Å². The summed E-state index contributed by atoms with van der Waals surface area (Å²) in [4.78, 5) is 4.10. The summed E-state index contributed by atoms with van der Waals surface area (Å²) in [7, 11) is 1.60. The van der Waals surface area contributed by atoms with E-state index in [0.29, 0.717) is 10.9 Å². The lowest BCUT2D eigenvalue weighted by atomic mass is 10.1. The number of aromatic nitrogens is 3. The van der Waals surface area contributed by atoms with E-state index >= 15 is 0 Å². The minimum absolute atomic E-state index is 0.433. The Hall–Kier alpha value is -1.68. The average molecular weight is 250 g/mol. The average Bonchev–Trinajstić information content (AvgIpc) is 2.36. The highest BCUT2D eigenvalue weighted by atomic mass is 35.5. The van der Waals surface area contributed by atoms with Crippen LogP contribution in [0.3, 0.4) is 0 Å². The molecule has 0 aliphatic heterocycles. The molecule has 0 bridgehead atoms. The van der Waals surface area contributed by atoms with Crippen LogP contribution in [0, 0.1) is 13.8 Å². The summed E-state index contributed by atoms with van der Waals surface area (Å²) in [6, 6.07) is 1.87. The van der Waals surface area contributed by atoms with E-state index in [0.717, 1.165) is 22.4 Å². The van der Waals surface area contributed by atoms with Crippen LogP contribution in [0.1, 0.15) is 11.1 Å². The third-order valence-corrected chi connectivity index (χ3v) is 3.05. The monoisotopic (exact) mass is 249 g/mol. The number of hydrogen-bond acceptors (Lipinski definition) is 4. The van der Waals surface area contributed by atoms with Crippen LogP contribution in [0.15, 0.2) is 18.5 Å². The summed E-state index contributed by atoms with van der Waals surface area (Å²) in [5.74, 6) is 0.691. The molecule has 0 atom stereocenters. The van der Waals surface area contributed by atoms with Gasteiger partial charge in [0, 0.05) is 11.8 Å². The van der Waals surface area contributed by atoms with Crippen molar-refractivity contribution in [1.29, 1.82) is 0 Å². The van der Waals surface area contributed by atoms with Crippen molar-refractivity contribution in [3.05, 3.63) is 34.7 Å². The third-order valence-electron chi connectivity index (χ3n) is 2.69. The van der Waals surface area contributed by atoms with Gasteiger partial charge in [0.15, 0.2) is 5.15 Å². The minimum Gasteiger partial charge on any atom is -0.495 e. The predicted molar refractivity (Wildman–Crippen MR) is 66.3 cm³/mol. The van der Waals surface area contributed by atoms with Gasteiger partial charge in [0.1, 0.15) is 5.75 Å². The van der Waals surface area contributed by atoms with Gasteiger partial charge in [-0.1, -0.05) is 11.6 Å². The van der Waals surface area contributed by atoms with Crippen LogP contribution in [-0.4, -0.2) is 22.3 Å². The Balaban J connectivity index is 2.56. The standard InChI is InChI=1S/C12H12ClN3O/c1-7-8(2)12(13)16-15-11(7)9-4-10(17-3)6-14-5-9/h4-6H,1-3H3. The summed E-state index contributed by atoms with van der Waals surface area (Å²) < 4.78 is 5.13. The number of halogens is 1. The molecule has 0 fully saturated rings. The number of hydrogen-bond donors (Lipinski definition) is 0. The number of ether oxygens (including phenoxy) is 1. The Morgan fingerprint density at radius 2 is 1.88 bits per heavy atom. The molecule has 2 rings (SSSR count). The predicted octanol–water partition coefficient (Wildman–Crippen LogP) is 2.82. The van der Waals surface area contributed by atoms with Crippen molar-refractivity contribution in [2.45, 2.75) is 13.8 Å². The smallest absolute Gasteiger partial charge is 0.154 e. The lowest BCUT2D eigenvalue weighted by Gasteiger charge is -2.08. The number of nitrogens with zero attached hydrogens (tertiary/aromatic N) is 3. The first-order valence-corrected chi connectivity index (χ1v) is 5.50. The summed E-state index contributed by atoms with van der Waals surface area (Å²) in [6.07, 6.45) is 3.38. The van der Waals surface area contributed by atoms with E-state index in [4.69, 9.17) is 16.3 Å². The Morgan fingerprint density at radius 1 is 1.12 bits per heavy atom. The molecule has 5 heteroatoms. The van der Waals surface area contributed by atoms with Crippen LogP contribution >= 0.6 is 11.6 Å². The second-order valence-corrected chi connectivity index (χ2v) is 4.06. The van der Waals surface area contributed by atoms with E-state index in [2.05, 4.69) is 15.2 Å². The van der Waals surface area contributed by atoms with E-state index in [9.17, 15) is 0 Å². The molecule has 0 unspecified atom stereocenters. The SMILES string of the molecule is COc1cncc(-c2nnc(Cl)c(C)c2C)c1. The first-order chi connectivity index (χ1) is 8.13. The highest BCUT2D eigenvalue weighted by molar-refractivity contribution is 6.30. The van der Waals surface area contributed by atoms with Gasteiger partial charge >= 0.3 is 0 Å². The maximum Gasteiger partial charge on any atom is 0.154 e. The molecule has 0 aliphatic carbocycles. The Kier molecular flexibility index (Phi) is 3.24. The lowest BCUT2D eigenvalue weighted by Crippen LogP contribution is -1.97. The maximum atomic E-state index is 5.92. The molecule has 0 amide bonds. The normalized spacial score (nSPS) is 10.4. The highest BCUT2D eigenvalue weighted by Crippen LogP contribution is 2.27. The second-order valence-electron chi connectivity index (χ2n) is 3.70. The topological polar surface area (TPSA) is 47.9 Å². The summed E-state index contributed by atoms with van der Waals surface area (Å²) in [5.41, 5.74) is 3.58. The van der Waals surface area contributed by atoms with Gasteiger partial charge in [-0.05, 0) is 31.0 Å². The first kappa shape index (κ1) is 11.8. The molecule has 0 aliphatic rings. The fraction of sp³-hybridized carbons (Fsp3) is 0.250. The largest absolute Gasteiger partial charge is 0.495 e. The molecule has 0 radical (unpaired) electrons. The van der Waals surface area contributed by atoms with Gasteiger partial charge in [0.05, 0.1) is 19.0 Å². The van der Waals surface area contributed by atoms with E-state index < -0.39 is 0 Å². The van der Waals surface area contributed by atoms with Gasteiger partial charge in [-0.15, -0.1) is 10.2 Å². The number of methoxy groups -OCH3 is 1. The van der Waals surface area contributed by atoms with Crippen molar-refractivity contribution in [3.63, 3.8) is 0 Å². The fourth-order valence-electron chi connectivity index (χ4n) is 1.51. The van der Waals surface area contributed by atoms with Crippen molar-refractivity contribution in [2.75, 3.05) is 7.11 Å². The Labute approximate surface area is 105 Å². The maximum absolute atomic E-state index is 5.92. The van der Waals surface area contributed by atoms with Crippen molar-refractivity contribution < 1.29 is 4.74 Å². The van der Waals surface area contributed by atoms with Gasteiger partial charge in [-0.2, -0.15) is 0 Å². The number of rotatable bonds is 2. The van der Waals surface area contributed by atoms with E-state index in [1.54, 1.807) is 19.5 Å². The molecule has 2 aromatic heterocycles. The van der Waals surface area contributed by atoms with Gasteiger partial charge in [-0.3, -0.25) is 4.98 Å². The third kappa shape index (κ3) is 2.22. The molecular weight excluding hydrogens is 238 g/mol. The molecular formula is C12H12ClN3O. The molecule has 0 saturated carbocycles. The molecule has 2 aromatic rings. The zero-order valence-electron chi connectivity index (χ0n) is 9.86. The van der Waals surface area contributed by atoms with E-state index in [-0.39, 0.29) is 0 Å². The number of pyridine rings is 1. The summed E-state index contributed by atoms with van der Waals surface area (Å²) in [5, 5.41) is 8.46. The first-order valence-electron chi connectivity index (χ1n) is 5.12. The molecule has 0 spiro atoms. The van der Waals surface area contributed by atoms with Crippen LogP contribution in [0.25, 0.3) is 11.3 Å². The molecule has 2 heterocycles. The van der Waals surface area contributed by atoms with Crippen LogP contribution < -0.4 is 4.74 Å². The van der Waals surface area contributed by atoms with Gasteiger partial charge in [-0.25, -0.2) is 0 Å². The molecule has 88 valence electrons. The van der Waals surface area contributed by atoms with Crippen LogP contribution in [0.5, 0.6) is 5.75 Å². The summed E-state index contributed by atoms with van der Waals surface area (Å²) in [6.45, 7) is 3.88. The molecule has 0 aromatic carbocycles. The molecule has 17 heavy (non-hydrogen) atoms. The second kappa shape index (κ2) is 4.67.